The number of carbonyl (C=O) groups excluding carboxylic acids is 1. The standard InChI is InChI=1S/C25H26Cl4N4O/c1-15(2)23(11-7-17-5-9-19(26)21(28)13-17)30-32-25(34)33-31-24(16(3)4)12-8-18-6-10-20(27)22(29)14-18/h5-16H,1-4H3,(H2,32,33,34)/b11-7-,12-8-,30-23-,31-24-. The van der Waals surface area contributed by atoms with Crippen molar-refractivity contribution in [2.24, 2.45) is 22.0 Å². The highest BCUT2D eigenvalue weighted by atomic mass is 35.5. The van der Waals surface area contributed by atoms with Gasteiger partial charge in [-0.1, -0.05) is 98.4 Å². The van der Waals surface area contributed by atoms with Crippen LogP contribution < -0.4 is 10.9 Å². The van der Waals surface area contributed by atoms with Gasteiger partial charge in [0.05, 0.1) is 31.5 Å². The van der Waals surface area contributed by atoms with Gasteiger partial charge in [0.15, 0.2) is 0 Å². The van der Waals surface area contributed by atoms with Crippen LogP contribution in [-0.2, 0) is 0 Å². The summed E-state index contributed by atoms with van der Waals surface area (Å²) >= 11 is 24.0. The Balaban J connectivity index is 2.06. The molecule has 2 aromatic carbocycles. The summed E-state index contributed by atoms with van der Waals surface area (Å²) in [5.41, 5.74) is 8.04. The second kappa shape index (κ2) is 13.5. The molecule has 5 nitrogen and oxygen atoms in total. The second-order valence-corrected chi connectivity index (χ2v) is 9.58. The number of hydrogen-bond donors (Lipinski definition) is 2. The third-order valence-electron chi connectivity index (χ3n) is 4.54. The summed E-state index contributed by atoms with van der Waals surface area (Å²) in [4.78, 5) is 12.3. The van der Waals surface area contributed by atoms with Crippen molar-refractivity contribution in [3.05, 3.63) is 79.8 Å². The molecular formula is C25H26Cl4N4O. The van der Waals surface area contributed by atoms with Crippen molar-refractivity contribution in [1.82, 2.24) is 10.9 Å². The second-order valence-electron chi connectivity index (χ2n) is 7.95. The van der Waals surface area contributed by atoms with Crippen LogP contribution in [0.3, 0.4) is 0 Å². The average molecular weight is 540 g/mol. The van der Waals surface area contributed by atoms with Crippen LogP contribution >= 0.6 is 46.4 Å². The molecule has 0 heterocycles. The number of rotatable bonds is 8. The Kier molecular flexibility index (Phi) is 11.1. The van der Waals surface area contributed by atoms with Crippen LogP contribution in [-0.4, -0.2) is 17.5 Å². The Morgan fingerprint density at radius 2 is 1.09 bits per heavy atom. The third kappa shape index (κ3) is 9.15. The first-order valence-corrected chi connectivity index (χ1v) is 12.1. The highest BCUT2D eigenvalue weighted by molar-refractivity contribution is 6.42. The molecule has 0 aliphatic rings. The van der Waals surface area contributed by atoms with E-state index < -0.39 is 6.03 Å². The molecule has 0 saturated heterocycles. The van der Waals surface area contributed by atoms with Crippen LogP contribution in [0.25, 0.3) is 12.2 Å². The van der Waals surface area contributed by atoms with Crippen LogP contribution in [0.15, 0.2) is 58.8 Å². The van der Waals surface area contributed by atoms with Crippen molar-refractivity contribution in [3.8, 4) is 0 Å². The molecule has 2 aromatic rings. The van der Waals surface area contributed by atoms with Crippen molar-refractivity contribution in [1.29, 1.82) is 0 Å². The van der Waals surface area contributed by atoms with E-state index >= 15 is 0 Å². The molecule has 2 amide bonds. The lowest BCUT2D eigenvalue weighted by atomic mass is 10.1. The molecule has 180 valence electrons. The molecule has 0 unspecified atom stereocenters. The highest BCUT2D eigenvalue weighted by Gasteiger charge is 2.06. The molecule has 2 rings (SSSR count). The zero-order valence-electron chi connectivity index (χ0n) is 19.2. The van der Waals surface area contributed by atoms with Gasteiger partial charge >= 0.3 is 6.03 Å². The Morgan fingerprint density at radius 3 is 1.41 bits per heavy atom. The van der Waals surface area contributed by atoms with Gasteiger partial charge in [-0.15, -0.1) is 0 Å². The number of urea groups is 1. The van der Waals surface area contributed by atoms with Crippen LogP contribution in [0.4, 0.5) is 4.79 Å². The number of hydrogen-bond acceptors (Lipinski definition) is 3. The molecule has 2 N–H and O–H groups in total. The Hall–Kier alpha value is -2.31. The normalized spacial score (nSPS) is 12.9. The molecule has 9 heteroatoms. The van der Waals surface area contributed by atoms with E-state index in [1.54, 1.807) is 24.3 Å². The number of carbonyl (C=O) groups is 1. The minimum Gasteiger partial charge on any atom is -0.245 e. The molecule has 0 radical (unpaired) electrons. The Bertz CT molecular complexity index is 1050. The molecule has 0 aliphatic carbocycles. The summed E-state index contributed by atoms with van der Waals surface area (Å²) < 4.78 is 0. The Labute approximate surface area is 220 Å². The predicted molar refractivity (Wildman–Crippen MR) is 147 cm³/mol. The van der Waals surface area contributed by atoms with Gasteiger partial charge in [0.25, 0.3) is 0 Å². The number of amides is 2. The maximum Gasteiger partial charge on any atom is 0.355 e. The van der Waals surface area contributed by atoms with Crippen molar-refractivity contribution in [3.63, 3.8) is 0 Å². The SMILES string of the molecule is CC(C)C(/C=C\c1ccc(Cl)c(Cl)c1)=N\NC(=O)N/N=C(/C=C\c1ccc(Cl)c(Cl)c1)C(C)C. The fourth-order valence-electron chi connectivity index (χ4n) is 2.57. The molecule has 0 aliphatic heterocycles. The van der Waals surface area contributed by atoms with E-state index in [0.717, 1.165) is 11.1 Å². The number of hydrazone groups is 2. The summed E-state index contributed by atoms with van der Waals surface area (Å²) in [7, 11) is 0. The van der Waals surface area contributed by atoms with Crippen molar-refractivity contribution >= 4 is 76.0 Å². The van der Waals surface area contributed by atoms with E-state index in [0.29, 0.717) is 31.5 Å². The lowest BCUT2D eigenvalue weighted by Crippen LogP contribution is -2.31. The van der Waals surface area contributed by atoms with E-state index in [2.05, 4.69) is 21.1 Å². The maximum absolute atomic E-state index is 12.3. The van der Waals surface area contributed by atoms with Crippen LogP contribution in [0, 0.1) is 11.8 Å². The minimum absolute atomic E-state index is 0.0724. The van der Waals surface area contributed by atoms with E-state index in [-0.39, 0.29) is 11.8 Å². The number of benzene rings is 2. The molecule has 0 aromatic heterocycles. The maximum atomic E-state index is 12.3. The number of allylic oxidation sites excluding steroid dienone is 2. The van der Waals surface area contributed by atoms with Crippen LogP contribution in [0.1, 0.15) is 38.8 Å². The van der Waals surface area contributed by atoms with Crippen LogP contribution in [0.5, 0.6) is 0 Å². The van der Waals surface area contributed by atoms with Crippen molar-refractivity contribution in [2.75, 3.05) is 0 Å². The predicted octanol–water partition coefficient (Wildman–Crippen LogP) is 8.35. The molecular weight excluding hydrogens is 514 g/mol. The summed E-state index contributed by atoms with van der Waals surface area (Å²) in [6, 6.07) is 10.1. The lowest BCUT2D eigenvalue weighted by molar-refractivity contribution is 0.241. The summed E-state index contributed by atoms with van der Waals surface area (Å²) in [5, 5.41) is 10.3. The molecule has 0 spiro atoms. The van der Waals surface area contributed by atoms with Gasteiger partial charge in [-0.25, -0.2) is 15.6 Å². The van der Waals surface area contributed by atoms with Gasteiger partial charge < -0.3 is 0 Å². The molecule has 0 bridgehead atoms. The molecule has 0 atom stereocenters. The highest BCUT2D eigenvalue weighted by Crippen LogP contribution is 2.24. The summed E-state index contributed by atoms with van der Waals surface area (Å²) in [5.74, 6) is 0.145. The van der Waals surface area contributed by atoms with Crippen LogP contribution in [0.2, 0.25) is 20.1 Å². The molecule has 34 heavy (non-hydrogen) atoms. The first-order valence-electron chi connectivity index (χ1n) is 10.5. The van der Waals surface area contributed by atoms with Gasteiger partial charge in [0.2, 0.25) is 0 Å². The van der Waals surface area contributed by atoms with E-state index in [9.17, 15) is 4.79 Å². The number of nitrogens with one attached hydrogen (secondary N) is 2. The number of halogens is 4. The Morgan fingerprint density at radius 1 is 0.706 bits per heavy atom. The van der Waals surface area contributed by atoms with E-state index in [4.69, 9.17) is 46.4 Å². The smallest absolute Gasteiger partial charge is 0.245 e. The largest absolute Gasteiger partial charge is 0.355 e. The minimum atomic E-state index is -0.554. The average Bonchev–Trinajstić information content (AvgIpc) is 2.77. The first-order chi connectivity index (χ1) is 16.1. The monoisotopic (exact) mass is 538 g/mol. The van der Waals surface area contributed by atoms with E-state index in [1.807, 2.05) is 64.1 Å². The third-order valence-corrected chi connectivity index (χ3v) is 6.01. The van der Waals surface area contributed by atoms with Crippen molar-refractivity contribution < 1.29 is 4.79 Å². The van der Waals surface area contributed by atoms with Gasteiger partial charge in [-0.3, -0.25) is 0 Å². The first kappa shape index (κ1) is 27.9. The fourth-order valence-corrected chi connectivity index (χ4v) is 3.18. The lowest BCUT2D eigenvalue weighted by Gasteiger charge is -2.08. The molecule has 0 fully saturated rings. The zero-order valence-corrected chi connectivity index (χ0v) is 22.3. The quantitative estimate of drug-likeness (QED) is 0.257. The van der Waals surface area contributed by atoms with Gasteiger partial charge in [-0.2, -0.15) is 10.2 Å². The topological polar surface area (TPSA) is 65.8 Å². The summed E-state index contributed by atoms with van der Waals surface area (Å²) in [6.07, 6.45) is 7.33. The summed E-state index contributed by atoms with van der Waals surface area (Å²) in [6.45, 7) is 7.89. The zero-order chi connectivity index (χ0) is 25.3. The van der Waals surface area contributed by atoms with E-state index in [1.165, 1.54) is 0 Å². The van der Waals surface area contributed by atoms with Gasteiger partial charge in [0, 0.05) is 0 Å². The van der Waals surface area contributed by atoms with Gasteiger partial charge in [0.1, 0.15) is 0 Å². The number of nitrogens with zero attached hydrogens (tertiary/aromatic N) is 2. The van der Waals surface area contributed by atoms with Crippen molar-refractivity contribution in [2.45, 2.75) is 27.7 Å². The molecule has 0 saturated carbocycles. The fraction of sp³-hybridized carbons (Fsp3) is 0.240. The van der Waals surface area contributed by atoms with Gasteiger partial charge in [-0.05, 0) is 59.4 Å².